The van der Waals surface area contributed by atoms with Crippen molar-refractivity contribution in [2.75, 3.05) is 11.5 Å². The molecule has 4 aromatic rings. The molecule has 0 unspecified atom stereocenters. The fourth-order valence-corrected chi connectivity index (χ4v) is 3.41. The second kappa shape index (κ2) is 8.05. The summed E-state index contributed by atoms with van der Waals surface area (Å²) in [6.07, 6.45) is 0. The second-order valence-electron chi connectivity index (χ2n) is 7.00. The van der Waals surface area contributed by atoms with E-state index in [0.29, 0.717) is 39.2 Å². The summed E-state index contributed by atoms with van der Waals surface area (Å²) in [5, 5.41) is 0. The summed E-state index contributed by atoms with van der Waals surface area (Å²) in [7, 11) is 0. The van der Waals surface area contributed by atoms with Crippen molar-refractivity contribution in [2.24, 2.45) is 0 Å². The molecule has 0 aliphatic heterocycles. The van der Waals surface area contributed by atoms with Gasteiger partial charge in [0.25, 0.3) is 0 Å². The summed E-state index contributed by atoms with van der Waals surface area (Å²) in [5.74, 6) is -0.458. The molecule has 0 saturated carbocycles. The van der Waals surface area contributed by atoms with E-state index in [1.807, 2.05) is 36.4 Å². The van der Waals surface area contributed by atoms with Gasteiger partial charge in [0.05, 0.1) is 0 Å². The van der Waals surface area contributed by atoms with Crippen molar-refractivity contribution in [3.63, 3.8) is 0 Å². The SMILES string of the molecule is Nc1ccc(C(=O)c2cccc(-c3ccccc3)c2C(=O)c2ccc(N)cc2)cc1. The van der Waals surface area contributed by atoms with Gasteiger partial charge >= 0.3 is 0 Å². The Hall–Kier alpha value is -4.18. The van der Waals surface area contributed by atoms with Gasteiger partial charge in [0.15, 0.2) is 11.6 Å². The largest absolute Gasteiger partial charge is 0.399 e. The lowest BCUT2D eigenvalue weighted by Crippen LogP contribution is -2.13. The summed E-state index contributed by atoms with van der Waals surface area (Å²) in [5.41, 5.74) is 15.9. The van der Waals surface area contributed by atoms with Crippen molar-refractivity contribution < 1.29 is 9.59 Å². The van der Waals surface area contributed by atoms with Crippen LogP contribution in [0.4, 0.5) is 11.4 Å². The average Bonchev–Trinajstić information content (AvgIpc) is 2.79. The lowest BCUT2D eigenvalue weighted by molar-refractivity contribution is 0.100. The molecule has 0 saturated heterocycles. The molecule has 0 fully saturated rings. The van der Waals surface area contributed by atoms with Crippen LogP contribution in [-0.2, 0) is 0 Å². The van der Waals surface area contributed by atoms with E-state index in [2.05, 4.69) is 0 Å². The highest BCUT2D eigenvalue weighted by molar-refractivity contribution is 6.22. The molecule has 4 nitrogen and oxygen atoms in total. The number of benzene rings is 4. The molecule has 30 heavy (non-hydrogen) atoms. The van der Waals surface area contributed by atoms with Crippen LogP contribution in [0.5, 0.6) is 0 Å². The van der Waals surface area contributed by atoms with Crippen LogP contribution in [0.25, 0.3) is 11.1 Å². The predicted octanol–water partition coefficient (Wildman–Crippen LogP) is 4.98. The standard InChI is InChI=1S/C26H20N2O2/c27-20-13-9-18(10-14-20)25(29)23-8-4-7-22(17-5-2-1-3-6-17)24(23)26(30)19-11-15-21(28)16-12-19/h1-16H,27-28H2. The van der Waals surface area contributed by atoms with Gasteiger partial charge in [-0.1, -0.05) is 48.5 Å². The van der Waals surface area contributed by atoms with Gasteiger partial charge in [0, 0.05) is 33.6 Å². The third-order valence-electron chi connectivity index (χ3n) is 4.97. The molecule has 4 heteroatoms. The van der Waals surface area contributed by atoms with E-state index < -0.39 is 0 Å². The monoisotopic (exact) mass is 392 g/mol. The number of carbonyl (C=O) groups is 2. The first-order chi connectivity index (χ1) is 14.5. The van der Waals surface area contributed by atoms with Crippen molar-refractivity contribution in [3.05, 3.63) is 119 Å². The van der Waals surface area contributed by atoms with E-state index in [0.717, 1.165) is 5.56 Å². The minimum Gasteiger partial charge on any atom is -0.399 e. The molecule has 0 aromatic heterocycles. The van der Waals surface area contributed by atoms with Gasteiger partial charge in [-0.05, 0) is 59.7 Å². The van der Waals surface area contributed by atoms with Crippen molar-refractivity contribution >= 4 is 22.9 Å². The summed E-state index contributed by atoms with van der Waals surface area (Å²) in [4.78, 5) is 26.9. The summed E-state index contributed by atoms with van der Waals surface area (Å²) in [6.45, 7) is 0. The number of anilines is 2. The van der Waals surface area contributed by atoms with Crippen LogP contribution in [0.1, 0.15) is 31.8 Å². The Labute approximate surface area is 174 Å². The Kier molecular flexibility index (Phi) is 5.14. The molecule has 0 heterocycles. The molecule has 4 aromatic carbocycles. The zero-order valence-electron chi connectivity index (χ0n) is 16.2. The predicted molar refractivity (Wildman–Crippen MR) is 120 cm³/mol. The first-order valence-corrected chi connectivity index (χ1v) is 9.53. The third-order valence-corrected chi connectivity index (χ3v) is 4.97. The van der Waals surface area contributed by atoms with Crippen LogP contribution in [0, 0.1) is 0 Å². The van der Waals surface area contributed by atoms with Crippen LogP contribution >= 0.6 is 0 Å². The maximum atomic E-state index is 13.5. The van der Waals surface area contributed by atoms with Gasteiger partial charge in [0.1, 0.15) is 0 Å². The van der Waals surface area contributed by atoms with Gasteiger partial charge in [-0.25, -0.2) is 0 Å². The summed E-state index contributed by atoms with van der Waals surface area (Å²) < 4.78 is 0. The van der Waals surface area contributed by atoms with Crippen molar-refractivity contribution in [1.82, 2.24) is 0 Å². The highest BCUT2D eigenvalue weighted by Gasteiger charge is 2.23. The topological polar surface area (TPSA) is 86.2 Å². The highest BCUT2D eigenvalue weighted by atomic mass is 16.1. The Morgan fingerprint density at radius 1 is 0.533 bits per heavy atom. The van der Waals surface area contributed by atoms with Crippen molar-refractivity contribution in [3.8, 4) is 11.1 Å². The molecular formula is C26H20N2O2. The number of hydrogen-bond donors (Lipinski definition) is 2. The third kappa shape index (κ3) is 3.71. The fraction of sp³-hybridized carbons (Fsp3) is 0. The molecule has 4 rings (SSSR count). The van der Waals surface area contributed by atoms with Crippen LogP contribution in [0.15, 0.2) is 97.1 Å². The van der Waals surface area contributed by atoms with Gasteiger partial charge in [-0.2, -0.15) is 0 Å². The Bertz CT molecular complexity index is 1210. The normalized spacial score (nSPS) is 10.5. The molecule has 0 aliphatic rings. The number of carbonyl (C=O) groups excluding carboxylic acids is 2. The summed E-state index contributed by atoms with van der Waals surface area (Å²) >= 11 is 0. The van der Waals surface area contributed by atoms with Crippen LogP contribution in [0.3, 0.4) is 0 Å². The van der Waals surface area contributed by atoms with Crippen LogP contribution in [0.2, 0.25) is 0 Å². The second-order valence-corrected chi connectivity index (χ2v) is 7.00. The van der Waals surface area contributed by atoms with E-state index in [-0.39, 0.29) is 11.6 Å². The van der Waals surface area contributed by atoms with E-state index in [9.17, 15) is 9.59 Å². The molecule has 0 bridgehead atoms. The maximum Gasteiger partial charge on any atom is 0.194 e. The number of nitrogen functional groups attached to an aromatic ring is 2. The van der Waals surface area contributed by atoms with Gasteiger partial charge in [-0.15, -0.1) is 0 Å². The Morgan fingerprint density at radius 2 is 1.07 bits per heavy atom. The Morgan fingerprint density at radius 3 is 1.63 bits per heavy atom. The smallest absolute Gasteiger partial charge is 0.194 e. The quantitative estimate of drug-likeness (QED) is 0.370. The highest BCUT2D eigenvalue weighted by Crippen LogP contribution is 2.30. The van der Waals surface area contributed by atoms with Crippen molar-refractivity contribution in [1.29, 1.82) is 0 Å². The Balaban J connectivity index is 1.92. The molecule has 0 aliphatic carbocycles. The molecule has 0 amide bonds. The van der Waals surface area contributed by atoms with Crippen LogP contribution in [-0.4, -0.2) is 11.6 Å². The molecule has 4 N–H and O–H groups in total. The molecular weight excluding hydrogens is 372 g/mol. The molecule has 0 spiro atoms. The minimum atomic E-state index is -0.230. The van der Waals surface area contributed by atoms with Gasteiger partial charge in [-0.3, -0.25) is 9.59 Å². The molecule has 146 valence electrons. The zero-order valence-corrected chi connectivity index (χ0v) is 16.2. The van der Waals surface area contributed by atoms with E-state index in [4.69, 9.17) is 11.5 Å². The number of rotatable bonds is 5. The van der Waals surface area contributed by atoms with Crippen LogP contribution < -0.4 is 11.5 Å². The van der Waals surface area contributed by atoms with Gasteiger partial charge in [0.2, 0.25) is 0 Å². The first kappa shape index (κ1) is 19.2. The van der Waals surface area contributed by atoms with Crippen molar-refractivity contribution in [2.45, 2.75) is 0 Å². The summed E-state index contributed by atoms with van der Waals surface area (Å²) in [6, 6.07) is 28.3. The lowest BCUT2D eigenvalue weighted by Gasteiger charge is -2.14. The maximum absolute atomic E-state index is 13.5. The number of ketones is 2. The van der Waals surface area contributed by atoms with Gasteiger partial charge < -0.3 is 11.5 Å². The van der Waals surface area contributed by atoms with E-state index >= 15 is 0 Å². The average molecular weight is 392 g/mol. The first-order valence-electron chi connectivity index (χ1n) is 9.53. The zero-order chi connectivity index (χ0) is 21.1. The fourth-order valence-electron chi connectivity index (χ4n) is 3.41. The number of nitrogens with two attached hydrogens (primary N) is 2. The van der Waals surface area contributed by atoms with E-state index in [1.54, 1.807) is 60.7 Å². The molecule has 0 atom stereocenters. The lowest BCUT2D eigenvalue weighted by atomic mass is 9.87. The minimum absolute atomic E-state index is 0.228. The van der Waals surface area contributed by atoms with E-state index in [1.165, 1.54) is 0 Å². The number of hydrogen-bond acceptors (Lipinski definition) is 4. The molecule has 0 radical (unpaired) electrons.